The zero-order valence-electron chi connectivity index (χ0n) is 7.20. The Bertz CT molecular complexity index is 269. The SMILES string of the molecule is O=P(O)(S)OC1C2COC1(CO)CO2. The van der Waals surface area contributed by atoms with Gasteiger partial charge in [-0.2, -0.15) is 0 Å². The van der Waals surface area contributed by atoms with Crippen LogP contribution in [0.1, 0.15) is 0 Å². The van der Waals surface area contributed by atoms with Crippen molar-refractivity contribution in [3.8, 4) is 0 Å². The maximum Gasteiger partial charge on any atom is 0.384 e. The molecule has 0 radical (unpaired) electrons. The van der Waals surface area contributed by atoms with Gasteiger partial charge in [-0.15, -0.1) is 0 Å². The number of hydrogen-bond donors (Lipinski definition) is 3. The van der Waals surface area contributed by atoms with E-state index < -0.39 is 24.6 Å². The van der Waals surface area contributed by atoms with Crippen molar-refractivity contribution in [3.63, 3.8) is 0 Å². The van der Waals surface area contributed by atoms with E-state index >= 15 is 0 Å². The summed E-state index contributed by atoms with van der Waals surface area (Å²) in [4.78, 5) is 8.96. The number of aliphatic hydroxyl groups is 1. The van der Waals surface area contributed by atoms with Crippen LogP contribution in [0.2, 0.25) is 0 Å². The van der Waals surface area contributed by atoms with E-state index in [9.17, 15) is 4.57 Å². The predicted octanol–water partition coefficient (Wildman–Crippen LogP) is -0.438. The van der Waals surface area contributed by atoms with Crippen LogP contribution in [-0.4, -0.2) is 47.6 Å². The standard InChI is InChI=1S/C6H11O6PS/c7-2-6-3-10-4(1-11-6)5(6)12-13(8,9)14/h4-5,7H,1-3H2,(H2,8,9,14). The Morgan fingerprint density at radius 2 is 2.43 bits per heavy atom. The van der Waals surface area contributed by atoms with Crippen LogP contribution in [0.15, 0.2) is 0 Å². The fourth-order valence-electron chi connectivity index (χ4n) is 1.76. The number of hydrogen-bond acceptors (Lipinski definition) is 5. The molecule has 0 aromatic rings. The minimum atomic E-state index is -3.88. The molecule has 6 nitrogen and oxygen atoms in total. The molecule has 2 N–H and O–H groups in total. The third-order valence-corrected chi connectivity index (χ3v) is 3.24. The Morgan fingerprint density at radius 1 is 1.71 bits per heavy atom. The van der Waals surface area contributed by atoms with Crippen molar-refractivity contribution in [2.45, 2.75) is 17.8 Å². The monoisotopic (exact) mass is 242 g/mol. The summed E-state index contributed by atoms with van der Waals surface area (Å²) in [5.74, 6) is 0. The van der Waals surface area contributed by atoms with E-state index in [1.807, 2.05) is 0 Å². The lowest BCUT2D eigenvalue weighted by molar-refractivity contribution is -0.121. The average Bonchev–Trinajstić information content (AvgIpc) is 2.59. The molecule has 4 atom stereocenters. The summed E-state index contributed by atoms with van der Waals surface area (Å²) in [5.41, 5.74) is -0.994. The minimum absolute atomic E-state index is 0.173. The molecule has 0 aliphatic carbocycles. The van der Waals surface area contributed by atoms with E-state index in [1.165, 1.54) is 0 Å². The second-order valence-corrected chi connectivity index (χ2v) is 6.11. The highest BCUT2D eigenvalue weighted by atomic mass is 32.7. The normalized spacial score (nSPS) is 45.4. The van der Waals surface area contributed by atoms with Crippen LogP contribution in [-0.2, 0) is 18.6 Å². The van der Waals surface area contributed by atoms with Gasteiger partial charge in [-0.05, 0) is 0 Å². The van der Waals surface area contributed by atoms with Crippen LogP contribution in [0.3, 0.4) is 0 Å². The van der Waals surface area contributed by atoms with E-state index in [4.69, 9.17) is 24.0 Å². The lowest BCUT2D eigenvalue weighted by Gasteiger charge is -2.26. The molecule has 0 spiro atoms. The highest BCUT2D eigenvalue weighted by Gasteiger charge is 2.59. The summed E-state index contributed by atoms with van der Waals surface area (Å²) in [5, 5.41) is 9.13. The molecule has 8 heteroatoms. The molecule has 82 valence electrons. The first-order valence-corrected chi connectivity index (χ1v) is 6.80. The van der Waals surface area contributed by atoms with Crippen LogP contribution in [0.5, 0.6) is 0 Å². The molecule has 2 bridgehead atoms. The fraction of sp³-hybridized carbons (Fsp3) is 1.00. The van der Waals surface area contributed by atoms with Crippen molar-refractivity contribution in [1.82, 2.24) is 0 Å². The first-order valence-electron chi connectivity index (χ1n) is 4.07. The van der Waals surface area contributed by atoms with Gasteiger partial charge in [0.25, 0.3) is 0 Å². The van der Waals surface area contributed by atoms with Gasteiger partial charge in [0, 0.05) is 0 Å². The van der Waals surface area contributed by atoms with Gasteiger partial charge in [-0.1, -0.05) is 12.2 Å². The smallest absolute Gasteiger partial charge is 0.384 e. The maximum absolute atomic E-state index is 11.0. The van der Waals surface area contributed by atoms with Crippen LogP contribution >= 0.6 is 19.0 Å². The molecule has 2 heterocycles. The highest BCUT2D eigenvalue weighted by Crippen LogP contribution is 2.53. The summed E-state index contributed by atoms with van der Waals surface area (Å²) in [7, 11) is 0. The third-order valence-electron chi connectivity index (χ3n) is 2.45. The molecule has 0 amide bonds. The van der Waals surface area contributed by atoms with Gasteiger partial charge in [0.1, 0.15) is 17.8 Å². The summed E-state index contributed by atoms with van der Waals surface area (Å²) in [6.07, 6.45) is -1.12. The molecule has 2 fully saturated rings. The molecule has 0 aromatic heterocycles. The minimum Gasteiger partial charge on any atom is -0.393 e. The average molecular weight is 242 g/mol. The summed E-state index contributed by atoms with van der Waals surface area (Å²) in [6.45, 7) is -3.75. The molecule has 0 aromatic carbocycles. The van der Waals surface area contributed by atoms with Gasteiger partial charge < -0.3 is 19.5 Å². The molecule has 2 rings (SSSR count). The van der Waals surface area contributed by atoms with Crippen molar-refractivity contribution in [2.24, 2.45) is 0 Å². The molecule has 0 saturated carbocycles. The van der Waals surface area contributed by atoms with Gasteiger partial charge in [0.05, 0.1) is 19.8 Å². The second-order valence-electron chi connectivity index (χ2n) is 3.40. The Kier molecular flexibility index (Phi) is 2.68. The Morgan fingerprint density at radius 3 is 2.86 bits per heavy atom. The van der Waals surface area contributed by atoms with E-state index in [0.717, 1.165) is 0 Å². The quantitative estimate of drug-likeness (QED) is 0.459. The van der Waals surface area contributed by atoms with Gasteiger partial charge in [0.2, 0.25) is 0 Å². The first-order chi connectivity index (χ1) is 6.47. The van der Waals surface area contributed by atoms with E-state index in [-0.39, 0.29) is 19.8 Å². The molecule has 4 unspecified atom stereocenters. The molecular formula is C6H11O6PS. The van der Waals surface area contributed by atoms with Crippen LogP contribution in [0, 0.1) is 0 Å². The van der Waals surface area contributed by atoms with Gasteiger partial charge in [-0.3, -0.25) is 4.52 Å². The topological polar surface area (TPSA) is 85.2 Å². The maximum atomic E-state index is 11.0. The fourth-order valence-corrected chi connectivity index (χ4v) is 2.69. The van der Waals surface area contributed by atoms with Crippen LogP contribution in [0.25, 0.3) is 0 Å². The van der Waals surface area contributed by atoms with Crippen molar-refractivity contribution in [1.29, 1.82) is 0 Å². The lowest BCUT2D eigenvalue weighted by Crippen LogP contribution is -2.44. The first kappa shape index (κ1) is 10.9. The van der Waals surface area contributed by atoms with E-state index in [1.54, 1.807) is 0 Å². The second kappa shape index (κ2) is 3.45. The zero-order chi connectivity index (χ0) is 10.4. The molecule has 2 saturated heterocycles. The number of aliphatic hydroxyl groups excluding tert-OH is 1. The lowest BCUT2D eigenvalue weighted by atomic mass is 10.0. The number of ether oxygens (including phenoxy) is 2. The molecule has 2 aliphatic heterocycles. The van der Waals surface area contributed by atoms with Crippen LogP contribution in [0.4, 0.5) is 0 Å². The predicted molar refractivity (Wildman–Crippen MR) is 49.2 cm³/mol. The Labute approximate surface area is 85.8 Å². The van der Waals surface area contributed by atoms with Crippen molar-refractivity contribution >= 4 is 19.0 Å². The van der Waals surface area contributed by atoms with Crippen molar-refractivity contribution < 1.29 is 28.6 Å². The highest BCUT2D eigenvalue weighted by molar-refractivity contribution is 8.44. The largest absolute Gasteiger partial charge is 0.393 e. The van der Waals surface area contributed by atoms with Gasteiger partial charge in [0.15, 0.2) is 0 Å². The zero-order valence-corrected chi connectivity index (χ0v) is 8.99. The van der Waals surface area contributed by atoms with Crippen LogP contribution < -0.4 is 0 Å². The molecular weight excluding hydrogens is 231 g/mol. The molecule has 2 aliphatic rings. The van der Waals surface area contributed by atoms with Crippen molar-refractivity contribution in [3.05, 3.63) is 0 Å². The number of rotatable bonds is 3. The summed E-state index contributed by atoms with van der Waals surface area (Å²) >= 11 is 3.41. The van der Waals surface area contributed by atoms with Crippen molar-refractivity contribution in [2.75, 3.05) is 19.8 Å². The Balaban J connectivity index is 2.15. The Hall–Kier alpha value is 0.380. The number of thiol groups is 1. The van der Waals surface area contributed by atoms with Gasteiger partial charge in [-0.25, -0.2) is 4.57 Å². The van der Waals surface area contributed by atoms with E-state index in [0.29, 0.717) is 0 Å². The third kappa shape index (κ3) is 1.74. The number of fused-ring (bicyclic) bond motifs is 2. The summed E-state index contributed by atoms with van der Waals surface area (Å²) < 4.78 is 26.3. The van der Waals surface area contributed by atoms with Gasteiger partial charge >= 0.3 is 6.80 Å². The molecule has 14 heavy (non-hydrogen) atoms. The summed E-state index contributed by atoms with van der Waals surface area (Å²) in [6, 6.07) is 0. The van der Waals surface area contributed by atoms with E-state index in [2.05, 4.69) is 12.2 Å².